The van der Waals surface area contributed by atoms with Gasteiger partial charge in [-0.1, -0.05) is 11.6 Å². The van der Waals surface area contributed by atoms with Crippen LogP contribution in [0.5, 0.6) is 5.75 Å². The van der Waals surface area contributed by atoms with Gasteiger partial charge in [-0.05, 0) is 49.6 Å². The minimum absolute atomic E-state index is 0.0231. The minimum atomic E-state index is -4.46. The Bertz CT molecular complexity index is 1140. The highest BCUT2D eigenvalue weighted by atomic mass is 35.5. The molecule has 11 heteroatoms. The molecule has 0 spiro atoms. The second kappa shape index (κ2) is 7.84. The number of amides is 2. The zero-order valence-electron chi connectivity index (χ0n) is 17.8. The number of carbonyl (C=O) groups is 2. The van der Waals surface area contributed by atoms with E-state index in [1.165, 1.54) is 6.07 Å². The zero-order valence-corrected chi connectivity index (χ0v) is 18.5. The van der Waals surface area contributed by atoms with Crippen molar-refractivity contribution in [3.63, 3.8) is 0 Å². The second-order valence-corrected chi connectivity index (χ2v) is 9.78. The number of ether oxygens (including phenoxy) is 1. The van der Waals surface area contributed by atoms with Crippen molar-refractivity contribution in [1.29, 1.82) is 0 Å². The quantitative estimate of drug-likeness (QED) is 0.591. The molecule has 1 aromatic carbocycles. The number of hydrogen-bond donors (Lipinski definition) is 3. The number of benzene rings is 1. The summed E-state index contributed by atoms with van der Waals surface area (Å²) in [4.78, 5) is 29.2. The molecule has 34 heavy (non-hydrogen) atoms. The maximum absolute atomic E-state index is 12.8. The molecule has 2 aromatic rings. The Morgan fingerprint density at radius 1 is 1.21 bits per heavy atom. The van der Waals surface area contributed by atoms with Crippen LogP contribution in [0, 0.1) is 5.41 Å². The Morgan fingerprint density at radius 2 is 1.94 bits per heavy atom. The van der Waals surface area contributed by atoms with E-state index in [1.54, 1.807) is 18.2 Å². The minimum Gasteiger partial charge on any atom is -0.480 e. The second-order valence-electron chi connectivity index (χ2n) is 9.34. The van der Waals surface area contributed by atoms with Crippen LogP contribution in [0.25, 0.3) is 0 Å². The van der Waals surface area contributed by atoms with Crippen molar-refractivity contribution < 1.29 is 32.6 Å². The van der Waals surface area contributed by atoms with E-state index >= 15 is 0 Å². The number of fused-ring (bicyclic) bond motifs is 1. The van der Waals surface area contributed by atoms with Crippen LogP contribution < -0.4 is 15.4 Å². The van der Waals surface area contributed by atoms with Crippen molar-refractivity contribution in [2.75, 3.05) is 0 Å². The van der Waals surface area contributed by atoms with Gasteiger partial charge in [-0.15, -0.1) is 0 Å². The summed E-state index contributed by atoms with van der Waals surface area (Å²) in [6.45, 7) is 0.0231. The molecule has 180 valence electrons. The van der Waals surface area contributed by atoms with E-state index in [0.717, 1.165) is 12.3 Å². The van der Waals surface area contributed by atoms with Crippen LogP contribution in [-0.2, 0) is 22.3 Å². The predicted molar refractivity (Wildman–Crippen MR) is 114 cm³/mol. The Morgan fingerprint density at radius 3 is 2.59 bits per heavy atom. The molecule has 7 nitrogen and oxygen atoms in total. The van der Waals surface area contributed by atoms with Crippen LogP contribution in [0.2, 0.25) is 5.02 Å². The van der Waals surface area contributed by atoms with Gasteiger partial charge in [0, 0.05) is 28.7 Å². The first-order chi connectivity index (χ1) is 16.0. The number of aliphatic hydroxyl groups is 1. The lowest BCUT2D eigenvalue weighted by molar-refractivity contribution is -0.185. The summed E-state index contributed by atoms with van der Waals surface area (Å²) < 4.78 is 43.6. The third kappa shape index (κ3) is 3.98. The fourth-order valence-electron chi connectivity index (χ4n) is 5.14. The molecule has 6 rings (SSSR count). The van der Waals surface area contributed by atoms with Gasteiger partial charge in [0.2, 0.25) is 5.91 Å². The number of nitrogens with zero attached hydrogens (tertiary/aromatic N) is 1. The average molecular weight is 496 g/mol. The Balaban J connectivity index is 1.12. The number of alkyl halides is 3. The number of carbonyl (C=O) groups excluding carboxylic acids is 2. The van der Waals surface area contributed by atoms with Crippen LogP contribution in [0.15, 0.2) is 36.5 Å². The van der Waals surface area contributed by atoms with E-state index in [1.807, 2.05) is 0 Å². The summed E-state index contributed by atoms with van der Waals surface area (Å²) in [5, 5.41) is 16.5. The number of pyridine rings is 1. The van der Waals surface area contributed by atoms with Crippen molar-refractivity contribution in [2.24, 2.45) is 5.41 Å². The predicted octanol–water partition coefficient (Wildman–Crippen LogP) is 3.29. The number of aromatic nitrogens is 1. The van der Waals surface area contributed by atoms with Gasteiger partial charge in [0.15, 0.2) is 6.10 Å². The van der Waals surface area contributed by atoms with Crippen LogP contribution in [0.4, 0.5) is 13.2 Å². The monoisotopic (exact) mass is 495 g/mol. The molecule has 0 radical (unpaired) electrons. The van der Waals surface area contributed by atoms with Gasteiger partial charge in [0.25, 0.3) is 5.91 Å². The third-order valence-corrected chi connectivity index (χ3v) is 7.05. The molecular weight excluding hydrogens is 475 g/mol. The fourth-order valence-corrected chi connectivity index (χ4v) is 5.32. The molecule has 1 aromatic heterocycles. The van der Waals surface area contributed by atoms with Crippen molar-refractivity contribution in [1.82, 2.24) is 15.6 Å². The van der Waals surface area contributed by atoms with Gasteiger partial charge >= 0.3 is 6.18 Å². The summed E-state index contributed by atoms with van der Waals surface area (Å²) in [6, 6.07) is 7.01. The Labute approximate surface area is 197 Å². The van der Waals surface area contributed by atoms with Gasteiger partial charge in [0.05, 0.1) is 29.3 Å². The number of rotatable bonds is 5. The molecule has 3 saturated carbocycles. The van der Waals surface area contributed by atoms with E-state index in [2.05, 4.69) is 15.6 Å². The molecule has 3 fully saturated rings. The zero-order chi connectivity index (χ0) is 24.3. The van der Waals surface area contributed by atoms with Crippen molar-refractivity contribution >= 4 is 23.4 Å². The van der Waals surface area contributed by atoms with Crippen LogP contribution >= 0.6 is 11.6 Å². The van der Waals surface area contributed by atoms with Crippen molar-refractivity contribution in [3.8, 4) is 5.75 Å². The highest BCUT2D eigenvalue weighted by Gasteiger charge is 2.72. The summed E-state index contributed by atoms with van der Waals surface area (Å²) in [5.41, 5.74) is -1.04. The molecule has 0 unspecified atom stereocenters. The molecule has 2 atom stereocenters. The van der Waals surface area contributed by atoms with Crippen LogP contribution in [0.3, 0.4) is 0 Å². The first kappa shape index (κ1) is 22.9. The van der Waals surface area contributed by atoms with Gasteiger partial charge in [-0.3, -0.25) is 14.6 Å². The molecule has 2 heterocycles. The smallest absolute Gasteiger partial charge is 0.417 e. The molecular formula is C23H21ClF3N3O4. The van der Waals surface area contributed by atoms with E-state index < -0.39 is 34.9 Å². The molecule has 3 aliphatic carbocycles. The molecule has 2 amide bonds. The first-order valence-corrected chi connectivity index (χ1v) is 11.1. The first-order valence-electron chi connectivity index (χ1n) is 10.8. The molecule has 3 N–H and O–H groups in total. The standard InChI is InChI=1S/C23H21ClF3N3O4/c24-13-2-4-17-15(5-13)16(31)6-18(34-17)19(32)30-22-9-21(10-22,11-22)20(33)29-8-14-3-1-12(7-28-14)23(25,26)27/h1-5,7,16,18,31H,6,8-11H2,(H,29,33)(H,30,32)/t16-,18-,21?,22?/m1/s1. The SMILES string of the molecule is O=C(NC12CC(C(=O)NCc3ccc(C(F)(F)F)cn3)(C1)C2)[C@H]1C[C@@H](O)c2cc(Cl)ccc2O1. The summed E-state index contributed by atoms with van der Waals surface area (Å²) in [7, 11) is 0. The van der Waals surface area contributed by atoms with Crippen LogP contribution in [0.1, 0.15) is 48.6 Å². The largest absolute Gasteiger partial charge is 0.480 e. The summed E-state index contributed by atoms with van der Waals surface area (Å²) in [5.74, 6) is -0.142. The Kier molecular flexibility index (Phi) is 5.29. The molecule has 2 bridgehead atoms. The number of halogens is 4. The maximum atomic E-state index is 12.8. The lowest BCUT2D eigenvalue weighted by Gasteiger charge is -2.69. The maximum Gasteiger partial charge on any atom is 0.417 e. The highest BCUT2D eigenvalue weighted by Crippen LogP contribution is 2.67. The van der Waals surface area contributed by atoms with Gasteiger partial charge in [0.1, 0.15) is 5.75 Å². The lowest BCUT2D eigenvalue weighted by atomic mass is 9.39. The number of aliphatic hydroxyl groups excluding tert-OH is 1. The van der Waals surface area contributed by atoms with Gasteiger partial charge in [-0.2, -0.15) is 13.2 Å². The normalized spacial score (nSPS) is 29.1. The fraction of sp³-hybridized carbons (Fsp3) is 0.435. The number of nitrogens with one attached hydrogen (secondary N) is 2. The topological polar surface area (TPSA) is 101 Å². The third-order valence-electron chi connectivity index (χ3n) is 6.81. The average Bonchev–Trinajstić information content (AvgIpc) is 2.73. The van der Waals surface area contributed by atoms with E-state index in [0.29, 0.717) is 41.3 Å². The van der Waals surface area contributed by atoms with Crippen LogP contribution in [-0.4, -0.2) is 33.5 Å². The number of hydrogen-bond acceptors (Lipinski definition) is 5. The summed E-state index contributed by atoms with van der Waals surface area (Å²) >= 11 is 5.96. The molecule has 4 aliphatic rings. The van der Waals surface area contributed by atoms with E-state index in [9.17, 15) is 27.9 Å². The van der Waals surface area contributed by atoms with Gasteiger partial charge < -0.3 is 20.5 Å². The molecule has 0 saturated heterocycles. The lowest BCUT2D eigenvalue weighted by Crippen LogP contribution is -2.79. The highest BCUT2D eigenvalue weighted by molar-refractivity contribution is 6.30. The Hall–Kier alpha value is -2.85. The van der Waals surface area contributed by atoms with Crippen molar-refractivity contribution in [3.05, 3.63) is 58.4 Å². The van der Waals surface area contributed by atoms with E-state index in [-0.39, 0.29) is 24.8 Å². The summed E-state index contributed by atoms with van der Waals surface area (Å²) in [6.07, 6.45) is -3.93. The van der Waals surface area contributed by atoms with E-state index in [4.69, 9.17) is 16.3 Å². The van der Waals surface area contributed by atoms with Crippen molar-refractivity contribution in [2.45, 2.75) is 56.2 Å². The molecule has 1 aliphatic heterocycles. The van der Waals surface area contributed by atoms with Gasteiger partial charge in [-0.25, -0.2) is 0 Å².